The first-order chi connectivity index (χ1) is 14.3. The molecule has 4 aromatic rings. The Labute approximate surface area is 172 Å². The lowest BCUT2D eigenvalue weighted by Gasteiger charge is -2.17. The minimum Gasteiger partial charge on any atom is -0.457 e. The van der Waals surface area contributed by atoms with Crippen LogP contribution in [0.15, 0.2) is 109 Å². The van der Waals surface area contributed by atoms with Crippen LogP contribution in [-0.2, 0) is 6.42 Å². The molecule has 0 saturated carbocycles. The summed E-state index contributed by atoms with van der Waals surface area (Å²) in [6.07, 6.45) is 0.904. The van der Waals surface area contributed by atoms with Gasteiger partial charge < -0.3 is 9.47 Å². The van der Waals surface area contributed by atoms with E-state index in [9.17, 15) is 0 Å². The highest BCUT2D eigenvalue weighted by molar-refractivity contribution is 5.41. The Morgan fingerprint density at radius 1 is 0.586 bits per heavy atom. The van der Waals surface area contributed by atoms with Crippen LogP contribution in [0.5, 0.6) is 23.0 Å². The number of hydrogen-bond acceptors (Lipinski definition) is 2. The fourth-order valence-electron chi connectivity index (χ4n) is 3.42. The first-order valence-electron chi connectivity index (χ1n) is 9.91. The van der Waals surface area contributed by atoms with E-state index in [0.717, 1.165) is 29.4 Å². The maximum absolute atomic E-state index is 6.15. The van der Waals surface area contributed by atoms with Gasteiger partial charge in [0.05, 0.1) is 0 Å². The van der Waals surface area contributed by atoms with Gasteiger partial charge in [0.1, 0.15) is 23.0 Å². The van der Waals surface area contributed by atoms with Crippen molar-refractivity contribution in [1.29, 1.82) is 0 Å². The number of hydrogen-bond donors (Lipinski definition) is 0. The molecule has 0 fully saturated rings. The van der Waals surface area contributed by atoms with Crippen molar-refractivity contribution in [2.45, 2.75) is 19.3 Å². The first kappa shape index (κ1) is 18.8. The molecular weight excluding hydrogens is 356 g/mol. The molecule has 0 radical (unpaired) electrons. The fourth-order valence-corrected chi connectivity index (χ4v) is 3.42. The number of para-hydroxylation sites is 3. The van der Waals surface area contributed by atoms with Crippen LogP contribution < -0.4 is 9.47 Å². The molecule has 4 aromatic carbocycles. The molecule has 0 spiro atoms. The van der Waals surface area contributed by atoms with Crippen LogP contribution in [0.1, 0.15) is 24.0 Å². The Hall–Kier alpha value is -3.52. The quantitative estimate of drug-likeness (QED) is 0.328. The number of benzene rings is 4. The van der Waals surface area contributed by atoms with Gasteiger partial charge in [-0.1, -0.05) is 73.7 Å². The molecule has 2 nitrogen and oxygen atoms in total. The predicted octanol–water partition coefficient (Wildman–Crippen LogP) is 7.62. The predicted molar refractivity (Wildman–Crippen MR) is 118 cm³/mol. The minimum atomic E-state index is 0.307. The second kappa shape index (κ2) is 9.11. The van der Waals surface area contributed by atoms with Crippen LogP contribution in [0.3, 0.4) is 0 Å². The van der Waals surface area contributed by atoms with E-state index in [-0.39, 0.29) is 0 Å². The summed E-state index contributed by atoms with van der Waals surface area (Å²) in [6.45, 7) is 2.23. The second-order valence-corrected chi connectivity index (χ2v) is 7.12. The number of ether oxygens (including phenoxy) is 2. The van der Waals surface area contributed by atoms with Crippen molar-refractivity contribution in [3.63, 3.8) is 0 Å². The first-order valence-corrected chi connectivity index (χ1v) is 9.91. The molecule has 4 rings (SSSR count). The van der Waals surface area contributed by atoms with E-state index in [1.165, 1.54) is 11.1 Å². The lowest BCUT2D eigenvalue weighted by atomic mass is 9.93. The SMILES string of the molecule is CC(Cc1cccc(Oc2ccccc2)c1)c1ccccc1Oc1ccccc1. The normalized spacial score (nSPS) is 11.6. The molecule has 0 saturated heterocycles. The van der Waals surface area contributed by atoms with Gasteiger partial charge in [-0.15, -0.1) is 0 Å². The average molecular weight is 380 g/mol. The zero-order valence-corrected chi connectivity index (χ0v) is 16.5. The zero-order chi connectivity index (χ0) is 19.9. The van der Waals surface area contributed by atoms with Gasteiger partial charge in [0.25, 0.3) is 0 Å². The van der Waals surface area contributed by atoms with Gasteiger partial charge in [0, 0.05) is 0 Å². The Balaban J connectivity index is 1.50. The molecule has 1 unspecified atom stereocenters. The molecule has 0 bridgehead atoms. The van der Waals surface area contributed by atoms with Gasteiger partial charge in [0.15, 0.2) is 0 Å². The molecule has 144 valence electrons. The lowest BCUT2D eigenvalue weighted by Crippen LogP contribution is -2.01. The van der Waals surface area contributed by atoms with Gasteiger partial charge in [-0.05, 0) is 65.9 Å². The summed E-state index contributed by atoms with van der Waals surface area (Å²) < 4.78 is 12.1. The summed E-state index contributed by atoms with van der Waals surface area (Å²) in [5.74, 6) is 3.77. The molecule has 0 aromatic heterocycles. The van der Waals surface area contributed by atoms with Crippen molar-refractivity contribution < 1.29 is 9.47 Å². The minimum absolute atomic E-state index is 0.307. The smallest absolute Gasteiger partial charge is 0.130 e. The molecular formula is C27H24O2. The van der Waals surface area contributed by atoms with Crippen LogP contribution in [0, 0.1) is 0 Å². The van der Waals surface area contributed by atoms with Crippen LogP contribution in [0.4, 0.5) is 0 Å². The van der Waals surface area contributed by atoms with Crippen molar-refractivity contribution in [1.82, 2.24) is 0 Å². The molecule has 0 aliphatic carbocycles. The van der Waals surface area contributed by atoms with Crippen LogP contribution >= 0.6 is 0 Å². The highest BCUT2D eigenvalue weighted by Gasteiger charge is 2.13. The van der Waals surface area contributed by atoms with Gasteiger partial charge in [-0.3, -0.25) is 0 Å². The second-order valence-electron chi connectivity index (χ2n) is 7.12. The Kier molecular flexibility index (Phi) is 5.92. The molecule has 0 aliphatic rings. The third-order valence-electron chi connectivity index (χ3n) is 4.84. The highest BCUT2D eigenvalue weighted by Crippen LogP contribution is 2.33. The summed E-state index contributed by atoms with van der Waals surface area (Å²) in [5.41, 5.74) is 2.44. The third kappa shape index (κ3) is 5.05. The van der Waals surface area contributed by atoms with Crippen LogP contribution in [0.2, 0.25) is 0 Å². The zero-order valence-electron chi connectivity index (χ0n) is 16.5. The van der Waals surface area contributed by atoms with Gasteiger partial charge >= 0.3 is 0 Å². The molecule has 1 atom stereocenters. The monoisotopic (exact) mass is 380 g/mol. The topological polar surface area (TPSA) is 18.5 Å². The Morgan fingerprint density at radius 3 is 1.90 bits per heavy atom. The summed E-state index contributed by atoms with van der Waals surface area (Å²) in [6, 6.07) is 36.4. The average Bonchev–Trinajstić information content (AvgIpc) is 2.76. The van der Waals surface area contributed by atoms with Gasteiger partial charge in [-0.25, -0.2) is 0 Å². The molecule has 29 heavy (non-hydrogen) atoms. The van der Waals surface area contributed by atoms with E-state index in [1.807, 2.05) is 84.9 Å². The molecule has 2 heteroatoms. The molecule has 0 amide bonds. The summed E-state index contributed by atoms with van der Waals surface area (Å²) in [4.78, 5) is 0. The van der Waals surface area contributed by atoms with Gasteiger partial charge in [-0.2, -0.15) is 0 Å². The molecule has 0 heterocycles. The largest absolute Gasteiger partial charge is 0.457 e. The van der Waals surface area contributed by atoms with Crippen molar-refractivity contribution in [3.8, 4) is 23.0 Å². The van der Waals surface area contributed by atoms with Gasteiger partial charge in [0.2, 0.25) is 0 Å². The maximum Gasteiger partial charge on any atom is 0.130 e. The highest BCUT2D eigenvalue weighted by atomic mass is 16.5. The van der Waals surface area contributed by atoms with E-state index >= 15 is 0 Å². The van der Waals surface area contributed by atoms with E-state index in [4.69, 9.17) is 9.47 Å². The molecule has 0 aliphatic heterocycles. The Bertz CT molecular complexity index is 1040. The Morgan fingerprint density at radius 2 is 1.17 bits per heavy atom. The lowest BCUT2D eigenvalue weighted by molar-refractivity contribution is 0.470. The van der Waals surface area contributed by atoms with Crippen molar-refractivity contribution in [2.75, 3.05) is 0 Å². The van der Waals surface area contributed by atoms with Crippen molar-refractivity contribution >= 4 is 0 Å². The van der Waals surface area contributed by atoms with Crippen LogP contribution in [-0.4, -0.2) is 0 Å². The summed E-state index contributed by atoms with van der Waals surface area (Å²) in [5, 5.41) is 0. The third-order valence-corrected chi connectivity index (χ3v) is 4.84. The fraction of sp³-hybridized carbons (Fsp3) is 0.111. The maximum atomic E-state index is 6.15. The van der Waals surface area contributed by atoms with E-state index in [2.05, 4.69) is 31.2 Å². The standard InChI is InChI=1S/C27H24O2/c1-21(26-17-8-9-18-27(26)29-24-14-6-3-7-15-24)19-22-11-10-16-25(20-22)28-23-12-4-2-5-13-23/h2-18,20-21H,19H2,1H3. The van der Waals surface area contributed by atoms with Crippen molar-refractivity contribution in [2.24, 2.45) is 0 Å². The van der Waals surface area contributed by atoms with E-state index in [0.29, 0.717) is 5.92 Å². The van der Waals surface area contributed by atoms with E-state index in [1.54, 1.807) is 0 Å². The van der Waals surface area contributed by atoms with E-state index < -0.39 is 0 Å². The summed E-state index contributed by atoms with van der Waals surface area (Å²) >= 11 is 0. The van der Waals surface area contributed by atoms with Crippen LogP contribution in [0.25, 0.3) is 0 Å². The molecule has 0 N–H and O–H groups in total. The summed E-state index contributed by atoms with van der Waals surface area (Å²) in [7, 11) is 0. The number of rotatable bonds is 7. The van der Waals surface area contributed by atoms with Crippen molar-refractivity contribution in [3.05, 3.63) is 120 Å².